The highest BCUT2D eigenvalue weighted by molar-refractivity contribution is 8.00. The van der Waals surface area contributed by atoms with Crippen LogP contribution >= 0.6 is 11.8 Å². The first-order valence-corrected chi connectivity index (χ1v) is 10.8. The van der Waals surface area contributed by atoms with Gasteiger partial charge in [-0.25, -0.2) is 4.98 Å². The Morgan fingerprint density at radius 3 is 2.96 bits per heavy atom. The maximum Gasteiger partial charge on any atom is 0.239 e. The number of hydrogen-bond acceptors (Lipinski definition) is 6. The molecular formula is C19H29N5O2S. The first-order valence-electron chi connectivity index (χ1n) is 9.96. The number of aryl methyl sites for hydroxylation is 2. The second-order valence-electron chi connectivity index (χ2n) is 7.31. The Kier molecular flexibility index (Phi) is 7.32. The van der Waals surface area contributed by atoms with Crippen molar-refractivity contribution in [3.63, 3.8) is 0 Å². The number of carbonyl (C=O) groups is 1. The van der Waals surface area contributed by atoms with Crippen LogP contribution in [0.1, 0.15) is 69.9 Å². The van der Waals surface area contributed by atoms with Crippen molar-refractivity contribution in [2.24, 2.45) is 5.92 Å². The van der Waals surface area contributed by atoms with Gasteiger partial charge in [-0.15, -0.1) is 5.10 Å². The zero-order valence-corrected chi connectivity index (χ0v) is 17.0. The molecule has 1 aliphatic carbocycles. The third kappa shape index (κ3) is 6.09. The van der Waals surface area contributed by atoms with Crippen molar-refractivity contribution >= 4 is 23.5 Å². The van der Waals surface area contributed by atoms with Crippen molar-refractivity contribution in [2.45, 2.75) is 82.0 Å². The first-order chi connectivity index (χ1) is 13.1. The zero-order valence-electron chi connectivity index (χ0n) is 16.2. The lowest BCUT2D eigenvalue weighted by atomic mass is 10.0. The second-order valence-corrected chi connectivity index (χ2v) is 8.48. The molecule has 27 heavy (non-hydrogen) atoms. The van der Waals surface area contributed by atoms with Crippen LogP contribution in [0.4, 0.5) is 5.82 Å². The Morgan fingerprint density at radius 1 is 1.44 bits per heavy atom. The number of carbonyl (C=O) groups excluding carboxylic acids is 1. The molecule has 0 spiro atoms. The first kappa shape index (κ1) is 19.9. The summed E-state index contributed by atoms with van der Waals surface area (Å²) in [5.74, 6) is 2.79. The number of aromatic nitrogens is 4. The third-order valence-electron chi connectivity index (χ3n) is 5.01. The molecule has 0 radical (unpaired) electrons. The average Bonchev–Trinajstić information content (AvgIpc) is 3.39. The van der Waals surface area contributed by atoms with Gasteiger partial charge in [0, 0.05) is 12.5 Å². The molecular weight excluding hydrogens is 362 g/mol. The number of thioether (sulfide) groups is 1. The van der Waals surface area contributed by atoms with Gasteiger partial charge >= 0.3 is 0 Å². The Hall–Kier alpha value is -1.83. The smallest absolute Gasteiger partial charge is 0.239 e. The van der Waals surface area contributed by atoms with E-state index < -0.39 is 0 Å². The predicted octanol–water partition coefficient (Wildman–Crippen LogP) is 4.51. The number of nitrogens with zero attached hydrogens (tertiary/aromatic N) is 3. The van der Waals surface area contributed by atoms with Crippen molar-refractivity contribution in [1.29, 1.82) is 0 Å². The van der Waals surface area contributed by atoms with E-state index >= 15 is 0 Å². The van der Waals surface area contributed by atoms with Gasteiger partial charge in [-0.05, 0) is 25.7 Å². The van der Waals surface area contributed by atoms with Crippen LogP contribution in [0.15, 0.2) is 15.7 Å². The van der Waals surface area contributed by atoms with E-state index in [1.54, 1.807) is 13.0 Å². The lowest BCUT2D eigenvalue weighted by Crippen LogP contribution is -2.25. The van der Waals surface area contributed by atoms with E-state index in [1.807, 2.05) is 0 Å². The van der Waals surface area contributed by atoms with E-state index in [2.05, 4.69) is 32.6 Å². The minimum atomic E-state index is -0.250. The second kappa shape index (κ2) is 9.92. The molecule has 0 aromatic carbocycles. The Balaban J connectivity index is 1.55. The quantitative estimate of drug-likeness (QED) is 0.578. The van der Waals surface area contributed by atoms with Crippen LogP contribution < -0.4 is 5.32 Å². The predicted molar refractivity (Wildman–Crippen MR) is 106 cm³/mol. The summed E-state index contributed by atoms with van der Waals surface area (Å²) in [7, 11) is 0. The van der Waals surface area contributed by atoms with Crippen LogP contribution in [0.25, 0.3) is 0 Å². The fourth-order valence-corrected chi connectivity index (χ4v) is 4.44. The summed E-state index contributed by atoms with van der Waals surface area (Å²) < 4.78 is 5.02. The monoisotopic (exact) mass is 391 g/mol. The lowest BCUT2D eigenvalue weighted by Gasteiger charge is -2.13. The van der Waals surface area contributed by atoms with E-state index in [-0.39, 0.29) is 11.2 Å². The number of aromatic amines is 1. The minimum Gasteiger partial charge on any atom is -0.360 e. The van der Waals surface area contributed by atoms with Crippen molar-refractivity contribution in [1.82, 2.24) is 20.3 Å². The molecule has 2 aromatic heterocycles. The summed E-state index contributed by atoms with van der Waals surface area (Å²) in [4.78, 5) is 17.3. The largest absolute Gasteiger partial charge is 0.360 e. The normalized spacial score (nSPS) is 15.9. The Bertz CT molecular complexity index is 723. The molecule has 1 fully saturated rings. The average molecular weight is 392 g/mol. The Labute approximate surface area is 164 Å². The summed E-state index contributed by atoms with van der Waals surface area (Å²) in [6.07, 6.45) is 10.3. The summed E-state index contributed by atoms with van der Waals surface area (Å²) in [6.45, 7) is 3.92. The molecule has 1 unspecified atom stereocenters. The number of nitrogens with one attached hydrogen (secondary N) is 2. The number of anilines is 1. The molecule has 8 heteroatoms. The van der Waals surface area contributed by atoms with Crippen molar-refractivity contribution in [2.75, 3.05) is 5.32 Å². The molecule has 0 aliphatic heterocycles. The molecule has 7 nitrogen and oxygen atoms in total. The van der Waals surface area contributed by atoms with Crippen LogP contribution in [-0.4, -0.2) is 31.5 Å². The van der Waals surface area contributed by atoms with Gasteiger partial charge in [0.2, 0.25) is 11.1 Å². The third-order valence-corrected chi connectivity index (χ3v) is 6.14. The molecule has 2 aromatic rings. The molecule has 1 atom stereocenters. The number of unbranched alkanes of at least 4 members (excludes halogenated alkanes) is 1. The highest BCUT2D eigenvalue weighted by Gasteiger charge is 2.23. The van der Waals surface area contributed by atoms with Crippen LogP contribution in [-0.2, 0) is 11.2 Å². The topological polar surface area (TPSA) is 96.7 Å². The van der Waals surface area contributed by atoms with Gasteiger partial charge in [-0.1, -0.05) is 62.4 Å². The summed E-state index contributed by atoms with van der Waals surface area (Å²) in [6, 6.07) is 1.72. The number of rotatable bonds is 10. The van der Waals surface area contributed by atoms with Gasteiger partial charge in [0.05, 0.1) is 5.25 Å². The molecule has 0 bridgehead atoms. The van der Waals surface area contributed by atoms with Crippen LogP contribution in [0.3, 0.4) is 0 Å². The van der Waals surface area contributed by atoms with Crippen molar-refractivity contribution in [3.8, 4) is 0 Å². The Morgan fingerprint density at radius 2 is 2.26 bits per heavy atom. The zero-order chi connectivity index (χ0) is 19.1. The lowest BCUT2D eigenvalue weighted by molar-refractivity contribution is -0.115. The van der Waals surface area contributed by atoms with E-state index in [4.69, 9.17) is 4.52 Å². The maximum atomic E-state index is 12.7. The van der Waals surface area contributed by atoms with Crippen LogP contribution in [0.2, 0.25) is 0 Å². The molecule has 1 aliphatic rings. The summed E-state index contributed by atoms with van der Waals surface area (Å²) in [5, 5.41) is 14.4. The van der Waals surface area contributed by atoms with E-state index in [1.165, 1.54) is 43.9 Å². The van der Waals surface area contributed by atoms with E-state index in [0.29, 0.717) is 16.7 Å². The number of hydrogen-bond donors (Lipinski definition) is 2. The standard InChI is InChI=1S/C19H29N5O2S/c1-3-4-9-15(18(25)20-17-12-13(2)26-24-17)27-19-21-16(22-23-19)11-10-14-7-5-6-8-14/h12,14-15H,3-11H2,1-2H3,(H,20,24,25)(H,21,22,23). The molecule has 3 rings (SSSR count). The van der Waals surface area contributed by atoms with Crippen molar-refractivity contribution < 1.29 is 9.32 Å². The van der Waals surface area contributed by atoms with Gasteiger partial charge in [0.25, 0.3) is 0 Å². The fourth-order valence-electron chi connectivity index (χ4n) is 3.47. The number of H-pyrrole nitrogens is 1. The van der Waals surface area contributed by atoms with Gasteiger partial charge in [-0.3, -0.25) is 9.89 Å². The molecule has 1 saturated carbocycles. The fraction of sp³-hybridized carbons (Fsp3) is 0.684. The molecule has 0 saturated heterocycles. The van der Waals surface area contributed by atoms with Crippen molar-refractivity contribution in [3.05, 3.63) is 17.7 Å². The van der Waals surface area contributed by atoms with Gasteiger partial charge < -0.3 is 9.84 Å². The van der Waals surface area contributed by atoms with Gasteiger partial charge in [0.15, 0.2) is 5.82 Å². The highest BCUT2D eigenvalue weighted by atomic mass is 32.2. The molecule has 1 amide bonds. The minimum absolute atomic E-state index is 0.0842. The maximum absolute atomic E-state index is 12.7. The highest BCUT2D eigenvalue weighted by Crippen LogP contribution is 2.29. The van der Waals surface area contributed by atoms with Crippen LogP contribution in [0, 0.1) is 12.8 Å². The van der Waals surface area contributed by atoms with Gasteiger partial charge in [-0.2, -0.15) is 0 Å². The van der Waals surface area contributed by atoms with E-state index in [9.17, 15) is 4.79 Å². The summed E-state index contributed by atoms with van der Waals surface area (Å²) >= 11 is 1.42. The van der Waals surface area contributed by atoms with Gasteiger partial charge in [0.1, 0.15) is 11.6 Å². The molecule has 2 N–H and O–H groups in total. The summed E-state index contributed by atoms with van der Waals surface area (Å²) in [5.41, 5.74) is 0. The molecule has 2 heterocycles. The van der Waals surface area contributed by atoms with E-state index in [0.717, 1.165) is 37.4 Å². The SMILES string of the molecule is CCCCC(Sc1n[nH]c(CCC2CCCC2)n1)C(=O)Nc1cc(C)on1. The number of amides is 1. The molecule has 148 valence electrons. The van der Waals surface area contributed by atoms with Crippen LogP contribution in [0.5, 0.6) is 0 Å².